The Morgan fingerprint density at radius 3 is 2.08 bits per heavy atom. The molecule has 3 heterocycles. The average molecular weight is 1010 g/mol. The summed E-state index contributed by atoms with van der Waals surface area (Å²) in [5, 5.41) is 2.08. The molecule has 314 valence electrons. The Balaban J connectivity index is 0.00000656. The predicted molar refractivity (Wildman–Crippen MR) is 253 cm³/mol. The van der Waals surface area contributed by atoms with Crippen molar-refractivity contribution in [3.8, 4) is 50.9 Å². The number of para-hydroxylation sites is 3. The standard InChI is InChI=1S/C57H48N4O.Pt/c1-6-39(7-2)42-32-33-58-55(34-42)61-51-31-28-43(57(3,4)5)35-50(51)49-30-29-46(37-54(49)61)62-45-23-16-22-44(36-45)59-38-60(53-27-15-14-26-52(53)59)56-47(40-18-10-8-11-19-40)24-17-25-48(56)41-20-12-9-13-21-41;/h8-35,39H,6-7H2,1-5H3;/q-2;/i8D,9D,10D,11D,12D,13D,18D,19D,20D,21D;. The number of imidazole rings is 1. The van der Waals surface area contributed by atoms with E-state index in [1.807, 2.05) is 48.7 Å². The minimum Gasteiger partial charge on any atom is -0.510 e. The summed E-state index contributed by atoms with van der Waals surface area (Å²) in [4.78, 5) is 4.90. The molecule has 7 aromatic carbocycles. The molecule has 0 radical (unpaired) electrons. The SMILES string of the molecule is [2H]c1c([2H])c([2H])c(-c2cccc(-c3c([2H])c([2H])c([2H])c([2H])c3[2H])c2-[n+]2[c-]n(-c3[c-]c(Oc4[c-]c5c(cc4)c4cc(C(C)(C)C)ccc4n5-c4cc(C(CC)CC)ccn4)ccc3)c3ccccc32)c([2H])c1[2H].[Pt]. The van der Waals surface area contributed by atoms with Crippen LogP contribution in [-0.4, -0.2) is 14.1 Å². The van der Waals surface area contributed by atoms with Gasteiger partial charge < -0.3 is 13.9 Å². The third-order valence-corrected chi connectivity index (χ3v) is 11.5. The maximum absolute atomic E-state index is 9.02. The molecule has 0 spiro atoms. The van der Waals surface area contributed by atoms with Crippen molar-refractivity contribution in [1.29, 1.82) is 0 Å². The van der Waals surface area contributed by atoms with E-state index < -0.39 is 60.4 Å². The molecular formula is C57H48N4OPt-2. The molecule has 63 heavy (non-hydrogen) atoms. The van der Waals surface area contributed by atoms with Gasteiger partial charge in [0.05, 0.1) is 30.4 Å². The molecule has 5 nitrogen and oxygen atoms in total. The Labute approximate surface area is 398 Å². The van der Waals surface area contributed by atoms with Gasteiger partial charge in [0.2, 0.25) is 0 Å². The van der Waals surface area contributed by atoms with Crippen LogP contribution in [0.4, 0.5) is 0 Å². The van der Waals surface area contributed by atoms with E-state index in [2.05, 4.69) is 94.0 Å². The van der Waals surface area contributed by atoms with Crippen molar-refractivity contribution in [2.45, 2.75) is 58.8 Å². The van der Waals surface area contributed by atoms with E-state index in [-0.39, 0.29) is 54.4 Å². The first-order valence-electron chi connectivity index (χ1n) is 25.8. The second-order valence-electron chi connectivity index (χ2n) is 16.3. The van der Waals surface area contributed by atoms with Crippen molar-refractivity contribution in [2.24, 2.45) is 0 Å². The van der Waals surface area contributed by atoms with Gasteiger partial charge in [-0.05, 0) is 86.8 Å². The van der Waals surface area contributed by atoms with Crippen molar-refractivity contribution in [3.05, 3.63) is 199 Å². The minimum atomic E-state index is -0.570. The second-order valence-corrected chi connectivity index (χ2v) is 16.3. The summed E-state index contributed by atoms with van der Waals surface area (Å²) in [5.74, 6) is 1.99. The normalized spacial score (nSPS) is 13.9. The van der Waals surface area contributed by atoms with Crippen molar-refractivity contribution in [3.63, 3.8) is 0 Å². The molecule has 3 aromatic heterocycles. The monoisotopic (exact) mass is 1010 g/mol. The molecule has 0 aliphatic carbocycles. The molecule has 0 fully saturated rings. The Kier molecular flexibility index (Phi) is 8.60. The van der Waals surface area contributed by atoms with Crippen LogP contribution >= 0.6 is 0 Å². The van der Waals surface area contributed by atoms with Gasteiger partial charge >= 0.3 is 0 Å². The van der Waals surface area contributed by atoms with Gasteiger partial charge in [0, 0.05) is 44.3 Å². The number of rotatable bonds is 10. The summed E-state index contributed by atoms with van der Waals surface area (Å²) in [6, 6.07) is 34.1. The summed E-state index contributed by atoms with van der Waals surface area (Å²) in [6.07, 6.45) is 7.31. The zero-order chi connectivity index (χ0) is 51.1. The number of aromatic nitrogens is 4. The van der Waals surface area contributed by atoms with Crippen LogP contribution in [0.1, 0.15) is 78.2 Å². The molecule has 0 atom stereocenters. The molecule has 0 unspecified atom stereocenters. The molecule has 6 heteroatoms. The Bertz CT molecular complexity index is 3690. The number of benzene rings is 7. The maximum Gasteiger partial charge on any atom is 0.268 e. The van der Waals surface area contributed by atoms with E-state index in [0.717, 1.165) is 40.5 Å². The first-order valence-corrected chi connectivity index (χ1v) is 20.8. The summed E-state index contributed by atoms with van der Waals surface area (Å²) in [7, 11) is 0. The van der Waals surface area contributed by atoms with Crippen molar-refractivity contribution in [1.82, 2.24) is 14.1 Å². The van der Waals surface area contributed by atoms with Crippen molar-refractivity contribution < 1.29 is 44.1 Å². The molecule has 0 amide bonds. The Hall–Kier alpha value is -6.55. The first kappa shape index (κ1) is 31.3. The van der Waals surface area contributed by atoms with E-state index in [4.69, 9.17) is 23.4 Å². The van der Waals surface area contributed by atoms with E-state index in [1.165, 1.54) is 11.1 Å². The molecule has 0 aliphatic heterocycles. The van der Waals surface area contributed by atoms with Gasteiger partial charge in [0.1, 0.15) is 5.82 Å². The maximum atomic E-state index is 9.02. The number of fused-ring (bicyclic) bond motifs is 4. The van der Waals surface area contributed by atoms with Crippen molar-refractivity contribution >= 4 is 32.8 Å². The number of nitrogens with zero attached hydrogens (tertiary/aromatic N) is 4. The largest absolute Gasteiger partial charge is 0.510 e. The summed E-state index contributed by atoms with van der Waals surface area (Å²) in [5.41, 5.74) is 6.00. The van der Waals surface area contributed by atoms with Crippen LogP contribution in [0.3, 0.4) is 0 Å². The Morgan fingerprint density at radius 1 is 0.698 bits per heavy atom. The van der Waals surface area contributed by atoms with E-state index in [9.17, 15) is 0 Å². The molecule has 10 rings (SSSR count). The zero-order valence-corrected chi connectivity index (χ0v) is 37.7. The van der Waals surface area contributed by atoms with Crippen LogP contribution in [0, 0.1) is 18.5 Å². The number of hydrogen-bond acceptors (Lipinski definition) is 2. The molecule has 0 saturated heterocycles. The van der Waals surface area contributed by atoms with Crippen LogP contribution in [0.2, 0.25) is 0 Å². The number of hydrogen-bond donors (Lipinski definition) is 0. The fourth-order valence-corrected chi connectivity index (χ4v) is 8.37. The predicted octanol–water partition coefficient (Wildman–Crippen LogP) is 14.1. The third-order valence-electron chi connectivity index (χ3n) is 11.5. The van der Waals surface area contributed by atoms with E-state index >= 15 is 0 Å². The molecule has 0 aliphatic rings. The first-order chi connectivity index (χ1) is 34.4. The smallest absolute Gasteiger partial charge is 0.268 e. The zero-order valence-electron chi connectivity index (χ0n) is 45.4. The molecular weight excluding hydrogens is 952 g/mol. The van der Waals surface area contributed by atoms with Gasteiger partial charge in [-0.2, -0.15) is 18.2 Å². The van der Waals surface area contributed by atoms with Crippen LogP contribution in [0.15, 0.2) is 170 Å². The topological polar surface area (TPSA) is 35.9 Å². The quantitative estimate of drug-likeness (QED) is 0.101. The summed E-state index contributed by atoms with van der Waals surface area (Å²) >= 11 is 0. The minimum absolute atomic E-state index is 0. The van der Waals surface area contributed by atoms with Gasteiger partial charge in [-0.25, -0.2) is 4.98 Å². The molecule has 0 N–H and O–H groups in total. The van der Waals surface area contributed by atoms with E-state index in [0.29, 0.717) is 34.1 Å². The van der Waals surface area contributed by atoms with Gasteiger partial charge in [-0.15, -0.1) is 29.7 Å². The molecule has 10 aromatic rings. The van der Waals surface area contributed by atoms with Crippen LogP contribution in [-0.2, 0) is 26.5 Å². The number of ether oxygens (including phenoxy) is 1. The van der Waals surface area contributed by atoms with Crippen LogP contribution in [0.5, 0.6) is 11.5 Å². The van der Waals surface area contributed by atoms with Gasteiger partial charge in [-0.3, -0.25) is 4.57 Å². The van der Waals surface area contributed by atoms with Crippen LogP contribution in [0.25, 0.3) is 72.3 Å². The van der Waals surface area contributed by atoms with Crippen molar-refractivity contribution in [2.75, 3.05) is 0 Å². The van der Waals surface area contributed by atoms with Crippen LogP contribution < -0.4 is 9.30 Å². The fourth-order valence-electron chi connectivity index (χ4n) is 8.37. The average Bonchev–Trinajstić information content (AvgIpc) is 3.92. The van der Waals surface area contributed by atoms with Gasteiger partial charge in [-0.1, -0.05) is 155 Å². The molecule has 0 bridgehead atoms. The summed E-state index contributed by atoms with van der Waals surface area (Å²) < 4.78 is 99.2. The van der Waals surface area contributed by atoms with Gasteiger partial charge in [0.25, 0.3) is 6.33 Å². The second kappa shape index (κ2) is 17.3. The van der Waals surface area contributed by atoms with Gasteiger partial charge in [0.15, 0.2) is 0 Å². The summed E-state index contributed by atoms with van der Waals surface area (Å²) in [6.45, 7) is 11.0. The Morgan fingerprint density at radius 2 is 1.38 bits per heavy atom. The van der Waals surface area contributed by atoms with E-state index in [1.54, 1.807) is 33.4 Å². The third kappa shape index (κ3) is 7.81. The molecule has 0 saturated carbocycles. The number of pyridine rings is 1. The fraction of sp³-hybridized carbons (Fsp3) is 0.158.